The van der Waals surface area contributed by atoms with Crippen molar-refractivity contribution in [3.8, 4) is 33.6 Å². The molecule has 0 saturated carbocycles. The summed E-state index contributed by atoms with van der Waals surface area (Å²) in [5, 5.41) is 3.32. The predicted molar refractivity (Wildman–Crippen MR) is 203 cm³/mol. The highest BCUT2D eigenvalue weighted by molar-refractivity contribution is 5.85. The number of aromatic nitrogens is 6. The van der Waals surface area contributed by atoms with Crippen LogP contribution in [0.25, 0.3) is 33.6 Å². The molecule has 5 aromatic rings. The van der Waals surface area contributed by atoms with E-state index in [2.05, 4.69) is 87.6 Å². The van der Waals surface area contributed by atoms with Gasteiger partial charge in [0, 0.05) is 25.2 Å². The molecule has 0 aliphatic carbocycles. The fraction of sp³-hybridized carbons (Fsp3) is 0.415. The lowest BCUT2D eigenvalue weighted by molar-refractivity contribution is -0.137. The number of imidazole rings is 2. The van der Waals surface area contributed by atoms with Crippen molar-refractivity contribution in [2.45, 2.75) is 78.4 Å². The molecule has 0 unspecified atom stereocenters. The molecular formula is C41H49N9O2. The van der Waals surface area contributed by atoms with E-state index in [1.807, 2.05) is 43.0 Å². The van der Waals surface area contributed by atoms with Crippen LogP contribution in [0.3, 0.4) is 0 Å². The predicted octanol–water partition coefficient (Wildman–Crippen LogP) is 7.68. The third-order valence-corrected chi connectivity index (χ3v) is 10.8. The van der Waals surface area contributed by atoms with Gasteiger partial charge in [0.2, 0.25) is 11.8 Å². The molecule has 2 aromatic carbocycles. The van der Waals surface area contributed by atoms with Crippen LogP contribution in [0.4, 0.5) is 5.82 Å². The summed E-state index contributed by atoms with van der Waals surface area (Å²) in [5.41, 5.74) is 6.20. The maximum atomic E-state index is 13.8. The molecule has 11 nitrogen and oxygen atoms in total. The SMILES string of the molecule is CC(C)[C@H](C)C(=O)N1CCC[C@H]1c1ncc(-c2ccc(-c3ccc(-c4cnc([C@@H]5CCCN5C(=O)[C@@H](Nc5ccncn5)C(C)C)[nH]4)cc3)cc2)[nH]1. The molecule has 3 aromatic heterocycles. The molecule has 270 valence electrons. The molecule has 2 saturated heterocycles. The van der Waals surface area contributed by atoms with Crippen LogP contribution < -0.4 is 5.32 Å². The smallest absolute Gasteiger partial charge is 0.245 e. The lowest BCUT2D eigenvalue weighted by Crippen LogP contribution is -2.45. The molecule has 0 spiro atoms. The van der Waals surface area contributed by atoms with E-state index in [0.29, 0.717) is 18.3 Å². The summed E-state index contributed by atoms with van der Waals surface area (Å²) < 4.78 is 0. The summed E-state index contributed by atoms with van der Waals surface area (Å²) in [5.74, 6) is 2.97. The Bertz CT molecular complexity index is 1970. The first-order valence-electron chi connectivity index (χ1n) is 18.6. The number of amides is 2. The van der Waals surface area contributed by atoms with Crippen LogP contribution in [-0.2, 0) is 9.59 Å². The van der Waals surface area contributed by atoms with Gasteiger partial charge in [-0.15, -0.1) is 0 Å². The van der Waals surface area contributed by atoms with Gasteiger partial charge < -0.3 is 25.1 Å². The van der Waals surface area contributed by atoms with Crippen molar-refractivity contribution >= 4 is 17.6 Å². The van der Waals surface area contributed by atoms with Crippen LogP contribution in [0.15, 0.2) is 79.5 Å². The van der Waals surface area contributed by atoms with Crippen molar-refractivity contribution in [2.75, 3.05) is 18.4 Å². The first-order chi connectivity index (χ1) is 25.2. The number of nitrogens with one attached hydrogen (secondary N) is 3. The van der Waals surface area contributed by atoms with Gasteiger partial charge in [0.1, 0.15) is 29.8 Å². The minimum absolute atomic E-state index is 0.00105. The Kier molecular flexibility index (Phi) is 10.2. The topological polar surface area (TPSA) is 136 Å². The summed E-state index contributed by atoms with van der Waals surface area (Å²) >= 11 is 0. The molecule has 4 atom stereocenters. The van der Waals surface area contributed by atoms with Gasteiger partial charge in [-0.2, -0.15) is 0 Å². The van der Waals surface area contributed by atoms with Crippen LogP contribution in [0, 0.1) is 17.8 Å². The van der Waals surface area contributed by atoms with Crippen molar-refractivity contribution in [3.63, 3.8) is 0 Å². The molecule has 5 heterocycles. The van der Waals surface area contributed by atoms with Gasteiger partial charge in [0.15, 0.2) is 0 Å². The van der Waals surface area contributed by atoms with Crippen LogP contribution >= 0.6 is 0 Å². The number of carbonyl (C=O) groups is 2. The molecule has 3 N–H and O–H groups in total. The average molecular weight is 700 g/mol. The molecule has 2 fully saturated rings. The first-order valence-corrected chi connectivity index (χ1v) is 18.6. The highest BCUT2D eigenvalue weighted by Gasteiger charge is 2.37. The molecule has 7 rings (SSSR count). The van der Waals surface area contributed by atoms with E-state index in [-0.39, 0.29) is 35.7 Å². The van der Waals surface area contributed by atoms with Gasteiger partial charge in [-0.1, -0.05) is 83.1 Å². The lowest BCUT2D eigenvalue weighted by atomic mass is 9.96. The second-order valence-corrected chi connectivity index (χ2v) is 14.9. The normalized spacial score (nSPS) is 18.7. The van der Waals surface area contributed by atoms with Crippen LogP contribution in [0.2, 0.25) is 0 Å². The molecular weight excluding hydrogens is 651 g/mol. The number of hydrogen-bond acceptors (Lipinski definition) is 7. The van der Waals surface area contributed by atoms with E-state index in [9.17, 15) is 9.59 Å². The van der Waals surface area contributed by atoms with E-state index in [4.69, 9.17) is 9.97 Å². The molecule has 2 aliphatic rings. The van der Waals surface area contributed by atoms with Crippen molar-refractivity contribution in [1.29, 1.82) is 0 Å². The van der Waals surface area contributed by atoms with E-state index >= 15 is 0 Å². The average Bonchev–Trinajstić information content (AvgIpc) is 4.00. The van der Waals surface area contributed by atoms with E-state index < -0.39 is 6.04 Å². The highest BCUT2D eigenvalue weighted by Crippen LogP contribution is 2.35. The van der Waals surface area contributed by atoms with Crippen LogP contribution in [0.5, 0.6) is 0 Å². The Morgan fingerprint density at radius 1 is 0.673 bits per heavy atom. The molecule has 0 bridgehead atoms. The van der Waals surface area contributed by atoms with Gasteiger partial charge >= 0.3 is 0 Å². The minimum Gasteiger partial charge on any atom is -0.358 e. The summed E-state index contributed by atoms with van der Waals surface area (Å²) in [6.45, 7) is 11.8. The van der Waals surface area contributed by atoms with Gasteiger partial charge in [0.25, 0.3) is 0 Å². The number of nitrogens with zero attached hydrogens (tertiary/aromatic N) is 6. The second kappa shape index (κ2) is 15.1. The Hall–Kier alpha value is -5.32. The minimum atomic E-state index is -0.401. The second-order valence-electron chi connectivity index (χ2n) is 14.9. The molecule has 11 heteroatoms. The number of carbonyl (C=O) groups excluding carboxylic acids is 2. The number of aromatic amines is 2. The maximum absolute atomic E-state index is 13.8. The van der Waals surface area contributed by atoms with Crippen molar-refractivity contribution in [1.82, 2.24) is 39.7 Å². The molecule has 52 heavy (non-hydrogen) atoms. The quantitative estimate of drug-likeness (QED) is 0.129. The summed E-state index contributed by atoms with van der Waals surface area (Å²) in [6.07, 6.45) is 10.6. The van der Waals surface area contributed by atoms with Gasteiger partial charge in [-0.25, -0.2) is 19.9 Å². The summed E-state index contributed by atoms with van der Waals surface area (Å²) in [4.78, 5) is 55.7. The number of rotatable bonds is 11. The number of benzene rings is 2. The zero-order valence-corrected chi connectivity index (χ0v) is 30.7. The largest absolute Gasteiger partial charge is 0.358 e. The zero-order chi connectivity index (χ0) is 36.4. The van der Waals surface area contributed by atoms with Crippen molar-refractivity contribution < 1.29 is 9.59 Å². The van der Waals surface area contributed by atoms with E-state index in [1.54, 1.807) is 12.3 Å². The van der Waals surface area contributed by atoms with Crippen LogP contribution in [0.1, 0.15) is 84.0 Å². The number of H-pyrrole nitrogens is 2. The summed E-state index contributed by atoms with van der Waals surface area (Å²) in [7, 11) is 0. The Balaban J connectivity index is 1.00. The lowest BCUT2D eigenvalue weighted by Gasteiger charge is -2.30. The fourth-order valence-electron chi connectivity index (χ4n) is 7.39. The molecule has 2 aliphatic heterocycles. The number of hydrogen-bond donors (Lipinski definition) is 3. The van der Waals surface area contributed by atoms with E-state index in [1.165, 1.54) is 6.33 Å². The van der Waals surface area contributed by atoms with Gasteiger partial charge in [-0.3, -0.25) is 9.59 Å². The van der Waals surface area contributed by atoms with Crippen molar-refractivity contribution in [3.05, 3.63) is 91.2 Å². The molecule has 0 radical (unpaired) electrons. The number of likely N-dealkylation sites (tertiary alicyclic amines) is 2. The maximum Gasteiger partial charge on any atom is 0.245 e. The van der Waals surface area contributed by atoms with Crippen LogP contribution in [-0.4, -0.2) is 70.6 Å². The fourth-order valence-corrected chi connectivity index (χ4v) is 7.39. The monoisotopic (exact) mass is 699 g/mol. The Morgan fingerprint density at radius 2 is 1.17 bits per heavy atom. The Morgan fingerprint density at radius 3 is 1.63 bits per heavy atom. The third-order valence-electron chi connectivity index (χ3n) is 10.8. The van der Waals surface area contributed by atoms with E-state index in [0.717, 1.165) is 77.5 Å². The molecule has 2 amide bonds. The van der Waals surface area contributed by atoms with Gasteiger partial charge in [-0.05, 0) is 65.8 Å². The summed E-state index contributed by atoms with van der Waals surface area (Å²) in [6, 6.07) is 18.2. The van der Waals surface area contributed by atoms with Crippen molar-refractivity contribution in [2.24, 2.45) is 17.8 Å². The zero-order valence-electron chi connectivity index (χ0n) is 30.7. The standard InChI is InChI=1S/C41H49N9O2/c1-25(2)27(5)40(51)49-20-6-8-34(49)38-43-22-32(46-38)30-14-10-28(11-15-30)29-12-16-31(17-13-29)33-23-44-39(47-33)35-9-7-21-50(35)41(52)37(26(3)4)48-36-18-19-42-24-45-36/h10-19,22-27,34-35,37H,6-9,20-21H2,1-5H3,(H,43,46)(H,44,47)(H,42,45,48)/t27-,34-,35-,37-/m0/s1. The van der Waals surface area contributed by atoms with Gasteiger partial charge in [0.05, 0.1) is 35.9 Å². The third kappa shape index (κ3) is 7.22. The highest BCUT2D eigenvalue weighted by atomic mass is 16.2. The number of anilines is 1. The Labute approximate surface area is 305 Å². The first kappa shape index (κ1) is 35.1.